The molecule has 0 radical (unpaired) electrons. The molecule has 156 valence electrons. The van der Waals surface area contributed by atoms with Gasteiger partial charge in [-0.1, -0.05) is 30.3 Å². The van der Waals surface area contributed by atoms with E-state index in [1.165, 1.54) is 5.56 Å². The Morgan fingerprint density at radius 2 is 2.07 bits per heavy atom. The molecule has 8 nitrogen and oxygen atoms in total. The van der Waals surface area contributed by atoms with Crippen molar-refractivity contribution in [1.29, 1.82) is 0 Å². The molecule has 1 atom stereocenters. The molecule has 4 rings (SSSR count). The summed E-state index contributed by atoms with van der Waals surface area (Å²) in [6, 6.07) is 10.2. The average Bonchev–Trinajstić information content (AvgIpc) is 3.27. The number of amides is 2. The highest BCUT2D eigenvalue weighted by Crippen LogP contribution is 2.17. The van der Waals surface area contributed by atoms with Gasteiger partial charge in [0.15, 0.2) is 0 Å². The van der Waals surface area contributed by atoms with Crippen molar-refractivity contribution in [3.8, 4) is 0 Å². The first-order valence-corrected chi connectivity index (χ1v) is 10.2. The lowest BCUT2D eigenvalue weighted by Gasteiger charge is -2.31. The molecule has 2 aliphatic heterocycles. The number of nitrogens with one attached hydrogen (secondary N) is 6. The number of nitrogens with zero attached hydrogens (tertiary/aromatic N) is 1. The maximum absolute atomic E-state index is 12.2. The van der Waals surface area contributed by atoms with E-state index in [9.17, 15) is 4.79 Å². The minimum absolute atomic E-state index is 0.0284. The van der Waals surface area contributed by atoms with Crippen molar-refractivity contribution in [1.82, 2.24) is 31.5 Å². The van der Waals surface area contributed by atoms with Gasteiger partial charge in [-0.05, 0) is 43.1 Å². The molecular formula is C22H27N7O. The van der Waals surface area contributed by atoms with Gasteiger partial charge in [0, 0.05) is 24.1 Å². The minimum Gasteiger partial charge on any atom is -0.381 e. The van der Waals surface area contributed by atoms with Crippen LogP contribution in [0.3, 0.4) is 0 Å². The molecule has 1 aromatic carbocycles. The van der Waals surface area contributed by atoms with Gasteiger partial charge in [-0.3, -0.25) is 10.4 Å². The second-order valence-electron chi connectivity index (χ2n) is 7.31. The van der Waals surface area contributed by atoms with E-state index in [0.29, 0.717) is 18.9 Å². The highest BCUT2D eigenvalue weighted by atomic mass is 16.2. The zero-order chi connectivity index (χ0) is 20.6. The predicted octanol–water partition coefficient (Wildman–Crippen LogP) is 2.33. The first-order chi connectivity index (χ1) is 14.8. The van der Waals surface area contributed by atoms with Crippen molar-refractivity contribution in [2.24, 2.45) is 0 Å². The third kappa shape index (κ3) is 5.44. The molecule has 30 heavy (non-hydrogen) atoms. The van der Waals surface area contributed by atoms with Crippen molar-refractivity contribution >= 4 is 11.7 Å². The zero-order valence-electron chi connectivity index (χ0n) is 16.7. The summed E-state index contributed by atoms with van der Waals surface area (Å²) >= 11 is 0. The largest absolute Gasteiger partial charge is 0.381 e. The van der Waals surface area contributed by atoms with Crippen molar-refractivity contribution < 1.29 is 4.79 Å². The summed E-state index contributed by atoms with van der Waals surface area (Å²) in [7, 11) is 0. The quantitative estimate of drug-likeness (QED) is 0.378. The van der Waals surface area contributed by atoms with E-state index in [-0.39, 0.29) is 12.1 Å². The Labute approximate surface area is 175 Å². The summed E-state index contributed by atoms with van der Waals surface area (Å²) in [4.78, 5) is 12.2. The number of aryl methyl sites for hydroxylation is 1. The van der Waals surface area contributed by atoms with Crippen LogP contribution in [0.2, 0.25) is 0 Å². The molecule has 2 amide bonds. The van der Waals surface area contributed by atoms with Crippen LogP contribution < -0.4 is 26.6 Å². The number of rotatable bonds is 8. The van der Waals surface area contributed by atoms with Crippen molar-refractivity contribution in [2.45, 2.75) is 25.3 Å². The van der Waals surface area contributed by atoms with Crippen LogP contribution in [0.5, 0.6) is 0 Å². The first-order valence-electron chi connectivity index (χ1n) is 10.2. The second-order valence-corrected chi connectivity index (χ2v) is 7.31. The highest BCUT2D eigenvalue weighted by Gasteiger charge is 2.22. The maximum Gasteiger partial charge on any atom is 0.320 e. The standard InChI is InChI=1S/C22H27N7O/c30-22(23-11-5-4-8-16-6-2-1-3-7-16)29-21-10-9-19-20(28-21)12-17(13-24-19)27-18-14-25-26-15-18/h1-3,6-7,9-10,12,14-15,20,24,27-28H,4-5,8,11,13H2,(H,25,26)(H2,23,29,30). The van der Waals surface area contributed by atoms with E-state index in [4.69, 9.17) is 0 Å². The number of allylic oxidation sites excluding steroid dienone is 2. The Hall–Kier alpha value is -3.68. The van der Waals surface area contributed by atoms with E-state index in [0.717, 1.165) is 36.3 Å². The Bertz CT molecular complexity index is 932. The van der Waals surface area contributed by atoms with Gasteiger partial charge in [-0.2, -0.15) is 5.10 Å². The maximum atomic E-state index is 12.2. The fraction of sp³-hybridized carbons (Fsp3) is 0.273. The summed E-state index contributed by atoms with van der Waals surface area (Å²) in [6.45, 7) is 1.35. The van der Waals surface area contributed by atoms with E-state index in [1.54, 1.807) is 12.4 Å². The number of benzene rings is 1. The summed E-state index contributed by atoms with van der Waals surface area (Å²) in [5, 5.41) is 22.6. The van der Waals surface area contributed by atoms with Gasteiger partial charge in [-0.25, -0.2) is 4.79 Å². The van der Waals surface area contributed by atoms with E-state index in [2.05, 4.69) is 67.1 Å². The molecular weight excluding hydrogens is 378 g/mol. The smallest absolute Gasteiger partial charge is 0.320 e. The number of hydrogen-bond acceptors (Lipinski definition) is 5. The van der Waals surface area contributed by atoms with Crippen LogP contribution in [-0.4, -0.2) is 35.4 Å². The molecule has 8 heteroatoms. The van der Waals surface area contributed by atoms with Crippen LogP contribution in [0.15, 0.2) is 78.2 Å². The average molecular weight is 406 g/mol. The third-order valence-electron chi connectivity index (χ3n) is 5.00. The Balaban J connectivity index is 1.19. The number of carbonyl (C=O) groups excluding carboxylic acids is 1. The predicted molar refractivity (Wildman–Crippen MR) is 117 cm³/mol. The van der Waals surface area contributed by atoms with Gasteiger partial charge in [-0.15, -0.1) is 0 Å². The summed E-state index contributed by atoms with van der Waals surface area (Å²) in [6.07, 6.45) is 12.5. The van der Waals surface area contributed by atoms with Crippen LogP contribution in [-0.2, 0) is 6.42 Å². The molecule has 0 fully saturated rings. The molecule has 0 saturated carbocycles. The second kappa shape index (κ2) is 9.69. The van der Waals surface area contributed by atoms with Gasteiger partial charge in [0.25, 0.3) is 0 Å². The Kier molecular flexibility index (Phi) is 6.34. The highest BCUT2D eigenvalue weighted by molar-refractivity contribution is 5.75. The fourth-order valence-electron chi connectivity index (χ4n) is 3.46. The molecule has 1 unspecified atom stereocenters. The SMILES string of the molecule is O=C(NCCCCc1ccccc1)NC1=CC=C2NCC(Nc3cn[nH]c3)=CC2N1. The number of unbranched alkanes of at least 4 members (excludes halogenated alkanes) is 1. The topological polar surface area (TPSA) is 106 Å². The zero-order valence-corrected chi connectivity index (χ0v) is 16.7. The van der Waals surface area contributed by atoms with Gasteiger partial charge >= 0.3 is 6.03 Å². The molecule has 0 spiro atoms. The molecule has 0 aliphatic carbocycles. The summed E-state index contributed by atoms with van der Waals surface area (Å²) in [5.41, 5.74) is 4.35. The summed E-state index contributed by atoms with van der Waals surface area (Å²) < 4.78 is 0. The van der Waals surface area contributed by atoms with Crippen molar-refractivity contribution in [2.75, 3.05) is 18.4 Å². The Morgan fingerprint density at radius 3 is 2.90 bits per heavy atom. The number of aromatic nitrogens is 2. The summed E-state index contributed by atoms with van der Waals surface area (Å²) in [5.74, 6) is 0.674. The van der Waals surface area contributed by atoms with Gasteiger partial charge in [0.05, 0.1) is 24.5 Å². The number of aromatic amines is 1. The van der Waals surface area contributed by atoms with Crippen molar-refractivity contribution in [3.05, 3.63) is 83.7 Å². The van der Waals surface area contributed by atoms with Gasteiger partial charge < -0.3 is 21.3 Å². The van der Waals surface area contributed by atoms with Crippen LogP contribution >= 0.6 is 0 Å². The first kappa shape index (κ1) is 19.6. The molecule has 2 aliphatic rings. The lowest BCUT2D eigenvalue weighted by Crippen LogP contribution is -2.47. The lowest BCUT2D eigenvalue weighted by atomic mass is 10.1. The number of urea groups is 1. The number of hydrogen-bond donors (Lipinski definition) is 6. The lowest BCUT2D eigenvalue weighted by molar-refractivity contribution is 0.242. The van der Waals surface area contributed by atoms with Gasteiger partial charge in [0.1, 0.15) is 5.82 Å². The van der Waals surface area contributed by atoms with Crippen LogP contribution in [0, 0.1) is 0 Å². The number of dihydropyridines is 1. The monoisotopic (exact) mass is 405 g/mol. The Morgan fingerprint density at radius 1 is 1.17 bits per heavy atom. The number of anilines is 1. The molecule has 0 saturated heterocycles. The van der Waals surface area contributed by atoms with E-state index < -0.39 is 0 Å². The van der Waals surface area contributed by atoms with E-state index >= 15 is 0 Å². The van der Waals surface area contributed by atoms with Crippen LogP contribution in [0.1, 0.15) is 18.4 Å². The number of carbonyl (C=O) groups is 1. The molecule has 0 bridgehead atoms. The fourth-order valence-corrected chi connectivity index (χ4v) is 3.46. The van der Waals surface area contributed by atoms with Gasteiger partial charge in [0.2, 0.25) is 0 Å². The third-order valence-corrected chi connectivity index (χ3v) is 5.00. The number of fused-ring (bicyclic) bond motifs is 1. The molecule has 1 aromatic heterocycles. The van der Waals surface area contributed by atoms with E-state index in [1.807, 2.05) is 18.2 Å². The van der Waals surface area contributed by atoms with Crippen LogP contribution in [0.4, 0.5) is 10.5 Å². The molecule has 6 N–H and O–H groups in total. The van der Waals surface area contributed by atoms with Crippen molar-refractivity contribution in [3.63, 3.8) is 0 Å². The normalized spacial score (nSPS) is 17.3. The minimum atomic E-state index is -0.199. The van der Waals surface area contributed by atoms with Crippen LogP contribution in [0.25, 0.3) is 0 Å². The number of H-pyrrole nitrogens is 1. The molecule has 3 heterocycles. The molecule has 2 aromatic rings.